The van der Waals surface area contributed by atoms with E-state index >= 15 is 0 Å². The molecule has 0 radical (unpaired) electrons. The van der Waals surface area contributed by atoms with Crippen molar-refractivity contribution in [1.29, 1.82) is 0 Å². The van der Waals surface area contributed by atoms with Crippen LogP contribution in [0.15, 0.2) is 53.0 Å². The molecule has 17 heavy (non-hydrogen) atoms. The maximum Gasteiger partial charge on any atom is 0.144 e. The summed E-state index contributed by atoms with van der Waals surface area (Å²) in [4.78, 5) is 0. The van der Waals surface area contributed by atoms with E-state index in [0.29, 0.717) is 6.61 Å². The fourth-order valence-corrected chi connectivity index (χ4v) is 2.15. The second kappa shape index (κ2) is 5.73. The van der Waals surface area contributed by atoms with Crippen LogP contribution >= 0.6 is 15.9 Å². The van der Waals surface area contributed by atoms with Gasteiger partial charge in [0.25, 0.3) is 0 Å². The zero-order valence-electron chi connectivity index (χ0n) is 9.61. The van der Waals surface area contributed by atoms with Gasteiger partial charge in [0.2, 0.25) is 0 Å². The van der Waals surface area contributed by atoms with E-state index in [1.165, 1.54) is 0 Å². The number of nitrogens with one attached hydrogen (secondary N) is 1. The largest absolute Gasteiger partial charge is 0.487 e. The van der Waals surface area contributed by atoms with Crippen molar-refractivity contribution in [2.24, 2.45) is 0 Å². The van der Waals surface area contributed by atoms with Crippen LogP contribution in [0.3, 0.4) is 0 Å². The minimum Gasteiger partial charge on any atom is -0.487 e. The van der Waals surface area contributed by atoms with Crippen molar-refractivity contribution in [3.8, 4) is 5.75 Å². The van der Waals surface area contributed by atoms with Gasteiger partial charge in [0.05, 0.1) is 5.69 Å². The maximum absolute atomic E-state index is 5.80. The molecule has 3 heteroatoms. The average Bonchev–Trinajstić information content (AvgIpc) is 2.37. The van der Waals surface area contributed by atoms with Crippen LogP contribution in [-0.2, 0) is 6.61 Å². The Morgan fingerprint density at radius 2 is 1.82 bits per heavy atom. The van der Waals surface area contributed by atoms with Gasteiger partial charge < -0.3 is 10.1 Å². The molecule has 2 aromatic rings. The fourth-order valence-electron chi connectivity index (χ4n) is 1.60. The van der Waals surface area contributed by atoms with Gasteiger partial charge in [0.15, 0.2) is 0 Å². The minimum absolute atomic E-state index is 0.575. The molecule has 0 aromatic heterocycles. The molecule has 0 saturated heterocycles. The Balaban J connectivity index is 2.12. The van der Waals surface area contributed by atoms with Gasteiger partial charge >= 0.3 is 0 Å². The van der Waals surface area contributed by atoms with E-state index in [2.05, 4.69) is 33.4 Å². The third-order valence-electron chi connectivity index (χ3n) is 2.46. The Bertz CT molecular complexity index is 485. The predicted molar refractivity (Wildman–Crippen MR) is 74.5 cm³/mol. The van der Waals surface area contributed by atoms with Gasteiger partial charge in [-0.2, -0.15) is 0 Å². The molecular weight excluding hydrogens is 278 g/mol. The van der Waals surface area contributed by atoms with E-state index in [1.54, 1.807) is 0 Å². The molecule has 0 spiro atoms. The van der Waals surface area contributed by atoms with Gasteiger partial charge in [-0.15, -0.1) is 0 Å². The van der Waals surface area contributed by atoms with Crippen LogP contribution in [0.25, 0.3) is 0 Å². The van der Waals surface area contributed by atoms with E-state index in [9.17, 15) is 0 Å². The Morgan fingerprint density at radius 3 is 2.53 bits per heavy atom. The molecule has 0 atom stereocenters. The number of rotatable bonds is 4. The Kier molecular flexibility index (Phi) is 4.04. The van der Waals surface area contributed by atoms with Gasteiger partial charge in [0, 0.05) is 11.5 Å². The topological polar surface area (TPSA) is 21.3 Å². The lowest BCUT2D eigenvalue weighted by molar-refractivity contribution is 0.307. The van der Waals surface area contributed by atoms with Crippen LogP contribution in [0.5, 0.6) is 5.75 Å². The summed E-state index contributed by atoms with van der Waals surface area (Å²) >= 11 is 3.49. The molecule has 2 nitrogen and oxygen atoms in total. The van der Waals surface area contributed by atoms with E-state index in [-0.39, 0.29) is 0 Å². The summed E-state index contributed by atoms with van der Waals surface area (Å²) < 4.78 is 6.81. The first-order valence-electron chi connectivity index (χ1n) is 5.44. The second-order valence-corrected chi connectivity index (χ2v) is 4.49. The highest BCUT2D eigenvalue weighted by molar-refractivity contribution is 9.10. The zero-order chi connectivity index (χ0) is 12.1. The van der Waals surface area contributed by atoms with Crippen LogP contribution in [0.4, 0.5) is 5.69 Å². The van der Waals surface area contributed by atoms with Crippen molar-refractivity contribution >= 4 is 21.6 Å². The van der Waals surface area contributed by atoms with Crippen molar-refractivity contribution in [2.45, 2.75) is 6.61 Å². The molecule has 88 valence electrons. The van der Waals surface area contributed by atoms with Crippen LogP contribution in [0.2, 0.25) is 0 Å². The van der Waals surface area contributed by atoms with Crippen molar-refractivity contribution in [1.82, 2.24) is 0 Å². The summed E-state index contributed by atoms with van der Waals surface area (Å²) in [6.45, 7) is 0.575. The monoisotopic (exact) mass is 291 g/mol. The van der Waals surface area contributed by atoms with Crippen LogP contribution in [-0.4, -0.2) is 7.05 Å². The summed E-state index contributed by atoms with van der Waals surface area (Å²) in [5, 5.41) is 3.13. The molecule has 0 amide bonds. The number of hydrogen-bond acceptors (Lipinski definition) is 2. The predicted octanol–water partition coefficient (Wildman–Crippen LogP) is 4.07. The first-order chi connectivity index (χ1) is 8.31. The summed E-state index contributed by atoms with van der Waals surface area (Å²) in [6.07, 6.45) is 0. The lowest BCUT2D eigenvalue weighted by Gasteiger charge is -2.12. The molecule has 0 heterocycles. The number of hydrogen-bond donors (Lipinski definition) is 1. The van der Waals surface area contributed by atoms with E-state index < -0.39 is 0 Å². The smallest absolute Gasteiger partial charge is 0.144 e. The molecule has 0 aliphatic rings. The van der Waals surface area contributed by atoms with Crippen LogP contribution in [0, 0.1) is 0 Å². The third kappa shape index (κ3) is 3.01. The number of halogens is 1. The lowest BCUT2D eigenvalue weighted by Crippen LogP contribution is -1.99. The molecular formula is C14H14BrNO. The van der Waals surface area contributed by atoms with Crippen molar-refractivity contribution < 1.29 is 4.74 Å². The highest BCUT2D eigenvalue weighted by atomic mass is 79.9. The van der Waals surface area contributed by atoms with E-state index in [1.807, 2.05) is 43.4 Å². The Morgan fingerprint density at radius 1 is 1.06 bits per heavy atom. The number of ether oxygens (including phenoxy) is 1. The molecule has 2 rings (SSSR count). The molecule has 0 saturated carbocycles. The fraction of sp³-hybridized carbons (Fsp3) is 0.143. The quantitative estimate of drug-likeness (QED) is 0.917. The third-order valence-corrected chi connectivity index (χ3v) is 3.12. The van der Waals surface area contributed by atoms with Crippen molar-refractivity contribution in [3.63, 3.8) is 0 Å². The molecule has 1 N–H and O–H groups in total. The highest BCUT2D eigenvalue weighted by Gasteiger charge is 2.05. The molecule has 0 bridgehead atoms. The van der Waals surface area contributed by atoms with Gasteiger partial charge in [-0.25, -0.2) is 0 Å². The van der Waals surface area contributed by atoms with Crippen molar-refractivity contribution in [2.75, 3.05) is 12.4 Å². The average molecular weight is 292 g/mol. The molecule has 0 aliphatic heterocycles. The van der Waals surface area contributed by atoms with Crippen LogP contribution < -0.4 is 10.1 Å². The van der Waals surface area contributed by atoms with Gasteiger partial charge in [0.1, 0.15) is 12.4 Å². The highest BCUT2D eigenvalue weighted by Crippen LogP contribution is 2.32. The number of benzene rings is 2. The summed E-state index contributed by atoms with van der Waals surface area (Å²) in [6, 6.07) is 16.0. The Labute approximate surface area is 110 Å². The lowest BCUT2D eigenvalue weighted by atomic mass is 10.2. The van der Waals surface area contributed by atoms with Crippen molar-refractivity contribution in [3.05, 3.63) is 58.6 Å². The first-order valence-corrected chi connectivity index (χ1v) is 6.23. The second-order valence-electron chi connectivity index (χ2n) is 3.64. The molecule has 0 aliphatic carbocycles. The first kappa shape index (κ1) is 12.0. The summed E-state index contributed by atoms with van der Waals surface area (Å²) in [5.41, 5.74) is 2.14. The van der Waals surface area contributed by atoms with Gasteiger partial charge in [-0.05, 0) is 33.6 Å². The summed E-state index contributed by atoms with van der Waals surface area (Å²) in [7, 11) is 1.88. The Hall–Kier alpha value is -1.48. The van der Waals surface area contributed by atoms with Crippen LogP contribution in [0.1, 0.15) is 5.56 Å². The maximum atomic E-state index is 5.80. The number of anilines is 1. The van der Waals surface area contributed by atoms with E-state index in [0.717, 1.165) is 21.5 Å². The minimum atomic E-state index is 0.575. The zero-order valence-corrected chi connectivity index (χ0v) is 11.2. The van der Waals surface area contributed by atoms with Gasteiger partial charge in [-0.1, -0.05) is 36.4 Å². The standard InChI is InChI=1S/C14H14BrNO/c1-16-14-12(15)8-5-9-13(14)17-10-11-6-3-2-4-7-11/h2-9,16H,10H2,1H3. The molecule has 0 fully saturated rings. The SMILES string of the molecule is CNc1c(Br)cccc1OCc1ccccc1. The molecule has 2 aromatic carbocycles. The normalized spacial score (nSPS) is 10.0. The summed E-state index contributed by atoms with van der Waals surface area (Å²) in [5.74, 6) is 0.853. The van der Waals surface area contributed by atoms with E-state index in [4.69, 9.17) is 4.74 Å². The van der Waals surface area contributed by atoms with Gasteiger partial charge in [-0.3, -0.25) is 0 Å². The molecule has 0 unspecified atom stereocenters. The number of para-hydroxylation sites is 1.